The number of benzene rings is 10. The van der Waals surface area contributed by atoms with Crippen molar-refractivity contribution in [2.45, 2.75) is 130 Å². The van der Waals surface area contributed by atoms with Gasteiger partial charge in [0.05, 0.1) is 17.1 Å². The van der Waals surface area contributed by atoms with Gasteiger partial charge in [-0.2, -0.15) is 0 Å². The van der Waals surface area contributed by atoms with Crippen LogP contribution in [0.2, 0.25) is 0 Å². The molecule has 0 spiro atoms. The molecule has 5 heteroatoms. The van der Waals surface area contributed by atoms with Gasteiger partial charge in [-0.3, -0.25) is 0 Å². The first kappa shape index (κ1) is 56.4. The lowest BCUT2D eigenvalue weighted by Crippen LogP contribution is -2.60. The molecule has 10 aromatic carbocycles. The summed E-state index contributed by atoms with van der Waals surface area (Å²) in [5, 5.41) is 1.28. The van der Waals surface area contributed by atoms with Crippen LogP contribution in [-0.4, -0.2) is 6.71 Å². The molecule has 0 saturated carbocycles. The molecular formula is C82H80BN3S. The Morgan fingerprint density at radius 3 is 1.60 bits per heavy atom. The molecule has 1 aromatic heterocycles. The van der Waals surface area contributed by atoms with Gasteiger partial charge in [0.2, 0.25) is 0 Å². The summed E-state index contributed by atoms with van der Waals surface area (Å²) in [6.07, 6.45) is 2.19. The van der Waals surface area contributed by atoms with Gasteiger partial charge in [0, 0.05) is 60.1 Å². The Kier molecular flexibility index (Phi) is 13.4. The van der Waals surface area contributed by atoms with Gasteiger partial charge >= 0.3 is 0 Å². The second-order valence-electron chi connectivity index (χ2n) is 29.2. The van der Waals surface area contributed by atoms with Crippen LogP contribution in [0.3, 0.4) is 0 Å². The van der Waals surface area contributed by atoms with Crippen LogP contribution >= 0.6 is 11.3 Å². The Morgan fingerprint density at radius 1 is 0.425 bits per heavy atom. The van der Waals surface area contributed by atoms with E-state index in [-0.39, 0.29) is 33.8 Å². The first-order valence-corrected chi connectivity index (χ1v) is 32.3. The van der Waals surface area contributed by atoms with Crippen molar-refractivity contribution < 1.29 is 0 Å². The summed E-state index contributed by atoms with van der Waals surface area (Å²) in [4.78, 5) is 7.94. The molecule has 11 aromatic rings. The average Bonchev–Trinajstić information content (AvgIpc) is 1.68. The highest BCUT2D eigenvalue weighted by Gasteiger charge is 2.48. The van der Waals surface area contributed by atoms with Gasteiger partial charge < -0.3 is 14.7 Å². The summed E-state index contributed by atoms with van der Waals surface area (Å²) in [6.45, 7) is 30.7. The fraction of sp³-hybridized carbons (Fsp3) is 0.244. The normalized spacial score (nSPS) is 15.0. The van der Waals surface area contributed by atoms with Crippen LogP contribution in [0.1, 0.15) is 131 Å². The van der Waals surface area contributed by atoms with E-state index in [1.54, 1.807) is 0 Å². The van der Waals surface area contributed by atoms with E-state index in [0.717, 1.165) is 29.9 Å². The topological polar surface area (TPSA) is 9.72 Å². The zero-order chi connectivity index (χ0) is 60.5. The number of thiophene rings is 1. The smallest absolute Gasteiger partial charge is 0.264 e. The number of hydrogen-bond acceptors (Lipinski definition) is 4. The highest BCUT2D eigenvalue weighted by molar-refractivity contribution is 7.33. The van der Waals surface area contributed by atoms with Crippen LogP contribution in [0.5, 0.6) is 0 Å². The zero-order valence-electron chi connectivity index (χ0n) is 53.1. The summed E-state index contributed by atoms with van der Waals surface area (Å²) in [5.41, 5.74) is 27.2. The van der Waals surface area contributed by atoms with Gasteiger partial charge in [0.25, 0.3) is 6.71 Å². The Labute approximate surface area is 522 Å². The second-order valence-corrected chi connectivity index (χ2v) is 30.3. The Balaban J connectivity index is 1.11. The van der Waals surface area contributed by atoms with Gasteiger partial charge in [-0.1, -0.05) is 242 Å². The van der Waals surface area contributed by atoms with Crippen LogP contribution in [0.15, 0.2) is 224 Å². The van der Waals surface area contributed by atoms with E-state index in [2.05, 4.69) is 329 Å². The maximum Gasteiger partial charge on any atom is 0.264 e. The van der Waals surface area contributed by atoms with Gasteiger partial charge in [0.1, 0.15) is 0 Å². The first-order valence-electron chi connectivity index (χ1n) is 31.5. The highest BCUT2D eigenvalue weighted by atomic mass is 32.1. The van der Waals surface area contributed by atoms with E-state index in [1.165, 1.54) is 121 Å². The highest BCUT2D eigenvalue weighted by Crippen LogP contribution is 2.57. The molecule has 0 bridgehead atoms. The molecule has 2 aliphatic heterocycles. The quantitative estimate of drug-likeness (QED) is 0.140. The molecule has 432 valence electrons. The maximum atomic E-state index is 2.76. The summed E-state index contributed by atoms with van der Waals surface area (Å²) in [5.74, 6) is 0. The van der Waals surface area contributed by atoms with Crippen molar-refractivity contribution in [3.05, 3.63) is 252 Å². The zero-order valence-corrected chi connectivity index (χ0v) is 53.9. The third-order valence-corrected chi connectivity index (χ3v) is 20.6. The molecule has 0 amide bonds. The van der Waals surface area contributed by atoms with Crippen molar-refractivity contribution in [2.75, 3.05) is 14.7 Å². The van der Waals surface area contributed by atoms with Gasteiger partial charge in [0.15, 0.2) is 0 Å². The van der Waals surface area contributed by atoms with E-state index in [0.29, 0.717) is 0 Å². The number of hydrogen-bond donors (Lipinski definition) is 0. The van der Waals surface area contributed by atoms with Crippen molar-refractivity contribution in [1.29, 1.82) is 0 Å². The van der Waals surface area contributed by atoms with Crippen LogP contribution in [0.25, 0.3) is 43.5 Å². The monoisotopic (exact) mass is 1150 g/mol. The largest absolute Gasteiger partial charge is 0.310 e. The molecule has 3 nitrogen and oxygen atoms in total. The number of nitrogens with zero attached hydrogens (tertiary/aromatic N) is 3. The van der Waals surface area contributed by atoms with Crippen molar-refractivity contribution >= 4 is 95.0 Å². The van der Waals surface area contributed by atoms with Crippen LogP contribution in [-0.2, 0) is 27.1 Å². The SMILES string of the molecule is CC(C)(C)c1ccc(N(c2ccc3c(c2)N(c2c(-c4ccccc4)ccc4c2C(C)(C)CCC4(C)C)c2cccc4c2B3c2sc3ccc(-c5ccccc5)cc3c2N4c2ccc(C(C)(C)C)cc2)c2ccc(C(C)(C)C)cc2-c2ccccc2)cc1. The summed E-state index contributed by atoms with van der Waals surface area (Å²) in [7, 11) is 0. The molecule has 0 radical (unpaired) electrons. The Morgan fingerprint density at radius 2 is 0.977 bits per heavy atom. The minimum Gasteiger partial charge on any atom is -0.310 e. The minimum absolute atomic E-state index is 0.00337. The molecule has 87 heavy (non-hydrogen) atoms. The first-order chi connectivity index (χ1) is 41.5. The average molecular weight is 1150 g/mol. The molecule has 0 atom stereocenters. The molecule has 3 aliphatic rings. The lowest BCUT2D eigenvalue weighted by Gasteiger charge is -2.48. The molecule has 0 fully saturated rings. The van der Waals surface area contributed by atoms with Crippen LogP contribution in [0.4, 0.5) is 51.2 Å². The van der Waals surface area contributed by atoms with E-state index < -0.39 is 0 Å². The summed E-state index contributed by atoms with van der Waals surface area (Å²) in [6, 6.07) is 86.1. The third kappa shape index (κ3) is 9.64. The standard InChI is InChI=1S/C82H80BN3S/c1-78(2,3)57-33-38-60(39-34-57)84(68-46-37-59(80(7,8)9)51-64(68)55-28-21-16-22-29-55)62-42-45-67-71(52-62)86(75-63(54-26-19-15-20-27-54)43-44-66-73(75)82(12,13)49-48-81(66,10)11)70-31-23-30-69-74(70)83(67)77-76(85(69)61-40-35-58(36-41-61)79(4,5)6)65-50-56(32-47-72(65)87-77)53-24-17-14-18-25-53/h14-47,50-52H,48-49H2,1-13H3. The van der Waals surface area contributed by atoms with E-state index in [9.17, 15) is 0 Å². The fourth-order valence-electron chi connectivity index (χ4n) is 14.4. The van der Waals surface area contributed by atoms with Crippen molar-refractivity contribution in [2.24, 2.45) is 0 Å². The van der Waals surface area contributed by atoms with Crippen molar-refractivity contribution in [1.82, 2.24) is 0 Å². The third-order valence-electron chi connectivity index (χ3n) is 19.4. The van der Waals surface area contributed by atoms with E-state index in [1.807, 2.05) is 11.3 Å². The molecule has 0 N–H and O–H groups in total. The predicted molar refractivity (Wildman–Crippen MR) is 378 cm³/mol. The molecular weight excluding hydrogens is 1070 g/mol. The lowest BCUT2D eigenvalue weighted by molar-refractivity contribution is 0.332. The molecule has 14 rings (SSSR count). The van der Waals surface area contributed by atoms with Gasteiger partial charge in [-0.25, -0.2) is 0 Å². The summed E-state index contributed by atoms with van der Waals surface area (Å²) >= 11 is 1.97. The summed E-state index contributed by atoms with van der Waals surface area (Å²) < 4.78 is 2.65. The minimum atomic E-state index is -0.148. The Hall–Kier alpha value is -8.38. The maximum absolute atomic E-state index is 2.76. The molecule has 1 aliphatic carbocycles. The number of anilines is 9. The van der Waals surface area contributed by atoms with Crippen molar-refractivity contribution in [3.8, 4) is 33.4 Å². The molecule has 0 saturated heterocycles. The van der Waals surface area contributed by atoms with Crippen LogP contribution < -0.4 is 30.4 Å². The lowest BCUT2D eigenvalue weighted by atomic mass is 9.36. The number of fused-ring (bicyclic) bond motifs is 7. The fourth-order valence-corrected chi connectivity index (χ4v) is 15.7. The van der Waals surface area contributed by atoms with Crippen LogP contribution in [0, 0.1) is 0 Å². The van der Waals surface area contributed by atoms with E-state index in [4.69, 9.17) is 0 Å². The van der Waals surface area contributed by atoms with Crippen molar-refractivity contribution in [3.63, 3.8) is 0 Å². The van der Waals surface area contributed by atoms with Gasteiger partial charge in [-0.15, -0.1) is 11.3 Å². The van der Waals surface area contributed by atoms with E-state index >= 15 is 0 Å². The molecule has 3 heterocycles. The second kappa shape index (κ2) is 20.6. The Bertz CT molecular complexity index is 4440. The number of rotatable bonds is 8. The molecule has 0 unspecified atom stereocenters. The predicted octanol–water partition coefficient (Wildman–Crippen LogP) is 21.7. The van der Waals surface area contributed by atoms with Gasteiger partial charge in [-0.05, 0) is 174 Å².